The van der Waals surface area contributed by atoms with E-state index in [9.17, 15) is 10.4 Å². The molecule has 0 spiro atoms. The van der Waals surface area contributed by atoms with Gasteiger partial charge in [0, 0.05) is 30.5 Å². The number of aliphatic hydroxyl groups is 1. The molecule has 1 N–H and O–H groups in total. The number of hydrogen-bond donors (Lipinski definition) is 1. The van der Waals surface area contributed by atoms with Crippen LogP contribution in [0.3, 0.4) is 0 Å². The number of aromatic nitrogens is 4. The Labute approximate surface area is 175 Å². The van der Waals surface area contributed by atoms with Crippen LogP contribution in [-0.4, -0.2) is 43.8 Å². The van der Waals surface area contributed by atoms with Crippen LogP contribution in [0.5, 0.6) is 0 Å². The van der Waals surface area contributed by atoms with Crippen molar-refractivity contribution in [2.75, 3.05) is 18.0 Å². The summed E-state index contributed by atoms with van der Waals surface area (Å²) in [5.74, 6) is 1.01. The molecular formula is C23H26N6O. The average Bonchev–Trinajstić information content (AvgIpc) is 3.35. The molecule has 1 aliphatic heterocycles. The summed E-state index contributed by atoms with van der Waals surface area (Å²) >= 11 is 0. The Bertz CT molecular complexity index is 1130. The van der Waals surface area contributed by atoms with Crippen LogP contribution in [0.15, 0.2) is 36.7 Å². The topological polar surface area (TPSA) is 90.9 Å². The second-order valence-electron chi connectivity index (χ2n) is 9.23. The Morgan fingerprint density at radius 1 is 1.23 bits per heavy atom. The van der Waals surface area contributed by atoms with Crippen LogP contribution in [-0.2, 0) is 5.41 Å². The van der Waals surface area contributed by atoms with Crippen molar-refractivity contribution in [3.8, 4) is 11.8 Å². The third-order valence-electron chi connectivity index (χ3n) is 6.93. The fraction of sp³-hybridized carbons (Fsp3) is 0.478. The second-order valence-corrected chi connectivity index (χ2v) is 9.23. The summed E-state index contributed by atoms with van der Waals surface area (Å²) in [5, 5.41) is 34.2. The predicted molar refractivity (Wildman–Crippen MR) is 114 cm³/mol. The molecule has 1 aromatic carbocycles. The molecule has 30 heavy (non-hydrogen) atoms. The summed E-state index contributed by atoms with van der Waals surface area (Å²) in [5.41, 5.74) is 1.83. The molecule has 1 saturated heterocycles. The molecule has 154 valence electrons. The Kier molecular flexibility index (Phi) is 4.30. The van der Waals surface area contributed by atoms with Crippen molar-refractivity contribution in [3.05, 3.63) is 42.2 Å². The van der Waals surface area contributed by atoms with Crippen molar-refractivity contribution in [1.29, 1.82) is 5.26 Å². The molecule has 2 fully saturated rings. The zero-order valence-electron chi connectivity index (χ0n) is 17.4. The first-order valence-electron chi connectivity index (χ1n) is 10.6. The highest BCUT2D eigenvalue weighted by molar-refractivity contribution is 5.81. The van der Waals surface area contributed by atoms with Gasteiger partial charge in [0.1, 0.15) is 0 Å². The normalized spacial score (nSPS) is 20.9. The van der Waals surface area contributed by atoms with E-state index in [2.05, 4.69) is 44.5 Å². The molecule has 0 radical (unpaired) electrons. The average molecular weight is 403 g/mol. The van der Waals surface area contributed by atoms with Gasteiger partial charge in [-0.15, -0.1) is 5.10 Å². The van der Waals surface area contributed by atoms with Gasteiger partial charge in [0.2, 0.25) is 0 Å². The lowest BCUT2D eigenvalue weighted by molar-refractivity contribution is 0.0263. The van der Waals surface area contributed by atoms with Crippen LogP contribution in [0.4, 0.5) is 5.82 Å². The lowest BCUT2D eigenvalue weighted by atomic mass is 9.65. The molecule has 3 aromatic rings. The first-order chi connectivity index (χ1) is 14.4. The van der Waals surface area contributed by atoms with E-state index in [1.165, 1.54) is 0 Å². The van der Waals surface area contributed by atoms with E-state index in [0.29, 0.717) is 0 Å². The van der Waals surface area contributed by atoms with Gasteiger partial charge in [-0.05, 0) is 51.2 Å². The van der Waals surface area contributed by atoms with Gasteiger partial charge in [0.25, 0.3) is 0 Å². The summed E-state index contributed by atoms with van der Waals surface area (Å²) in [6.45, 7) is 5.34. The second kappa shape index (κ2) is 6.78. The minimum Gasteiger partial charge on any atom is -0.390 e. The molecule has 1 aliphatic carbocycles. The third kappa shape index (κ3) is 3.03. The van der Waals surface area contributed by atoms with E-state index in [1.54, 1.807) is 6.20 Å². The highest BCUT2D eigenvalue weighted by Gasteiger charge is 2.39. The predicted octanol–water partition coefficient (Wildman–Crippen LogP) is 3.36. The Morgan fingerprint density at radius 2 is 2.07 bits per heavy atom. The number of anilines is 1. The molecule has 1 atom stereocenters. The molecule has 5 rings (SSSR count). The molecule has 1 saturated carbocycles. The van der Waals surface area contributed by atoms with Crippen molar-refractivity contribution in [2.24, 2.45) is 5.92 Å². The van der Waals surface area contributed by atoms with Gasteiger partial charge in [0.15, 0.2) is 5.82 Å². The zero-order valence-corrected chi connectivity index (χ0v) is 17.4. The smallest absolute Gasteiger partial charge is 0.153 e. The van der Waals surface area contributed by atoms with Gasteiger partial charge >= 0.3 is 0 Å². The zero-order chi connectivity index (χ0) is 20.9. The van der Waals surface area contributed by atoms with Gasteiger partial charge < -0.3 is 10.0 Å². The molecule has 7 nitrogen and oxygen atoms in total. The highest BCUT2D eigenvalue weighted by Crippen LogP contribution is 2.44. The SMILES string of the molecule is CC(C)(O)[C@@H]1CCN(c2cc(-n3ncc4ccc(C5(C#N)CCC5)cc43)cnn2)C1. The van der Waals surface area contributed by atoms with Crippen LogP contribution in [0, 0.1) is 17.2 Å². The van der Waals surface area contributed by atoms with Crippen molar-refractivity contribution in [1.82, 2.24) is 20.0 Å². The molecule has 0 amide bonds. The van der Waals surface area contributed by atoms with Crippen molar-refractivity contribution in [2.45, 2.75) is 50.5 Å². The van der Waals surface area contributed by atoms with E-state index in [0.717, 1.165) is 66.7 Å². The van der Waals surface area contributed by atoms with Crippen LogP contribution < -0.4 is 4.90 Å². The molecular weight excluding hydrogens is 376 g/mol. The first kappa shape index (κ1) is 19.0. The lowest BCUT2D eigenvalue weighted by Crippen LogP contribution is -2.33. The number of benzene rings is 1. The van der Waals surface area contributed by atoms with Crippen LogP contribution in [0.1, 0.15) is 45.1 Å². The van der Waals surface area contributed by atoms with Gasteiger partial charge in [-0.1, -0.05) is 12.1 Å². The molecule has 7 heteroatoms. The largest absolute Gasteiger partial charge is 0.390 e. The summed E-state index contributed by atoms with van der Waals surface area (Å²) in [6, 6.07) is 10.7. The molecule has 0 unspecified atom stereocenters. The van der Waals surface area contributed by atoms with E-state index in [1.807, 2.05) is 30.8 Å². The van der Waals surface area contributed by atoms with E-state index in [-0.39, 0.29) is 11.3 Å². The monoisotopic (exact) mass is 402 g/mol. The van der Waals surface area contributed by atoms with E-state index >= 15 is 0 Å². The number of fused-ring (bicyclic) bond motifs is 1. The molecule has 2 aromatic heterocycles. The summed E-state index contributed by atoms with van der Waals surface area (Å²) in [7, 11) is 0. The maximum Gasteiger partial charge on any atom is 0.153 e. The Hall–Kier alpha value is -2.98. The summed E-state index contributed by atoms with van der Waals surface area (Å²) in [4.78, 5) is 2.18. The van der Waals surface area contributed by atoms with E-state index in [4.69, 9.17) is 0 Å². The molecule has 3 heterocycles. The summed E-state index contributed by atoms with van der Waals surface area (Å²) in [6.07, 6.45) is 7.43. The number of hydrogen-bond acceptors (Lipinski definition) is 6. The number of nitrogens with zero attached hydrogens (tertiary/aromatic N) is 6. The van der Waals surface area contributed by atoms with Gasteiger partial charge in [-0.3, -0.25) is 0 Å². The van der Waals surface area contributed by atoms with Crippen LogP contribution in [0.2, 0.25) is 0 Å². The maximum absolute atomic E-state index is 10.3. The summed E-state index contributed by atoms with van der Waals surface area (Å²) < 4.78 is 1.88. The standard InChI is InChI=1S/C23H26N6O/c1-22(2,30)18-6-9-28(14-18)21-11-19(13-25-27-21)29-20-10-17(5-4-16(20)12-26-29)23(15-24)7-3-8-23/h4-5,10-13,18,30H,3,6-9,14H2,1-2H3/t18-/m1/s1. The maximum atomic E-state index is 10.3. The fourth-order valence-electron chi connectivity index (χ4n) is 4.68. The quantitative estimate of drug-likeness (QED) is 0.720. The Morgan fingerprint density at radius 3 is 2.73 bits per heavy atom. The third-order valence-corrected chi connectivity index (χ3v) is 6.93. The van der Waals surface area contributed by atoms with Gasteiger partial charge in [-0.25, -0.2) is 4.68 Å². The highest BCUT2D eigenvalue weighted by atomic mass is 16.3. The number of rotatable bonds is 4. The van der Waals surface area contributed by atoms with Gasteiger partial charge in [0.05, 0.1) is 40.7 Å². The van der Waals surface area contributed by atoms with Crippen LogP contribution in [0.25, 0.3) is 16.6 Å². The van der Waals surface area contributed by atoms with Crippen molar-refractivity contribution in [3.63, 3.8) is 0 Å². The van der Waals surface area contributed by atoms with Crippen molar-refractivity contribution >= 4 is 16.7 Å². The van der Waals surface area contributed by atoms with Gasteiger partial charge in [-0.2, -0.15) is 15.5 Å². The number of nitriles is 1. The minimum absolute atomic E-state index is 0.209. The minimum atomic E-state index is -0.702. The molecule has 0 bridgehead atoms. The lowest BCUT2D eigenvalue weighted by Gasteiger charge is -2.35. The van der Waals surface area contributed by atoms with E-state index < -0.39 is 5.60 Å². The molecule has 2 aliphatic rings. The Balaban J connectivity index is 1.49. The fourth-order valence-corrected chi connectivity index (χ4v) is 4.68. The van der Waals surface area contributed by atoms with Crippen LogP contribution >= 0.6 is 0 Å². The first-order valence-corrected chi connectivity index (χ1v) is 10.6. The van der Waals surface area contributed by atoms with Crippen molar-refractivity contribution < 1.29 is 5.11 Å².